The minimum absolute atomic E-state index is 0.0792. The molecule has 1 aliphatic heterocycles. The van der Waals surface area contributed by atoms with Crippen LogP contribution in [-0.2, 0) is 22.6 Å². The lowest BCUT2D eigenvalue weighted by Crippen LogP contribution is -2.44. The third-order valence-electron chi connectivity index (χ3n) is 6.67. The van der Waals surface area contributed by atoms with Crippen molar-refractivity contribution in [1.29, 1.82) is 0 Å². The van der Waals surface area contributed by atoms with E-state index in [1.165, 1.54) is 0 Å². The Kier molecular flexibility index (Phi) is 6.28. The van der Waals surface area contributed by atoms with Crippen LogP contribution >= 0.6 is 0 Å². The predicted octanol–water partition coefficient (Wildman–Crippen LogP) is 2.49. The van der Waals surface area contributed by atoms with Crippen LogP contribution in [0.3, 0.4) is 0 Å². The molecule has 174 valence electrons. The average molecular weight is 450 g/mol. The van der Waals surface area contributed by atoms with E-state index in [-0.39, 0.29) is 24.2 Å². The largest absolute Gasteiger partial charge is 0.461 e. The van der Waals surface area contributed by atoms with Crippen molar-refractivity contribution in [3.05, 3.63) is 51.9 Å². The summed E-state index contributed by atoms with van der Waals surface area (Å²) in [6, 6.07) is 8.15. The average Bonchev–Trinajstić information content (AvgIpc) is 3.40. The fraction of sp³-hybridized carbons (Fsp3) is 0.480. The Morgan fingerprint density at radius 2 is 2.06 bits per heavy atom. The van der Waals surface area contributed by atoms with Gasteiger partial charge in [-0.3, -0.25) is 9.59 Å². The first kappa shape index (κ1) is 21.9. The van der Waals surface area contributed by atoms with E-state index in [2.05, 4.69) is 38.4 Å². The molecular formula is C25H31N5O3. The molecule has 0 radical (unpaired) electrons. The van der Waals surface area contributed by atoms with Gasteiger partial charge in [0.25, 0.3) is 5.56 Å². The second-order valence-electron chi connectivity index (χ2n) is 9.29. The molecule has 0 atom stereocenters. The number of hydrogen-bond donors (Lipinski definition) is 3. The molecule has 0 bridgehead atoms. The van der Waals surface area contributed by atoms with Crippen LogP contribution in [0.5, 0.6) is 0 Å². The monoisotopic (exact) mass is 449 g/mol. The van der Waals surface area contributed by atoms with Crippen molar-refractivity contribution in [2.45, 2.75) is 51.8 Å². The summed E-state index contributed by atoms with van der Waals surface area (Å²) in [6.07, 6.45) is 6.11. The number of hydrogen-bond acceptors (Lipinski definition) is 6. The highest BCUT2D eigenvalue weighted by molar-refractivity contribution is 5.81. The van der Waals surface area contributed by atoms with Crippen LogP contribution in [0.1, 0.15) is 36.8 Å². The highest BCUT2D eigenvalue weighted by atomic mass is 16.5. The molecule has 8 nitrogen and oxygen atoms in total. The summed E-state index contributed by atoms with van der Waals surface area (Å²) in [7, 11) is 0. The van der Waals surface area contributed by atoms with E-state index in [0.717, 1.165) is 73.3 Å². The zero-order chi connectivity index (χ0) is 22.8. The third kappa shape index (κ3) is 4.86. The van der Waals surface area contributed by atoms with Crippen LogP contribution in [0.15, 0.2) is 35.3 Å². The zero-order valence-corrected chi connectivity index (χ0v) is 19.0. The Morgan fingerprint density at radius 1 is 1.24 bits per heavy atom. The van der Waals surface area contributed by atoms with Crippen LogP contribution in [0.25, 0.3) is 22.4 Å². The summed E-state index contributed by atoms with van der Waals surface area (Å²) in [4.78, 5) is 31.7. The number of fused-ring (bicyclic) bond motifs is 1. The van der Waals surface area contributed by atoms with Gasteiger partial charge in [0.1, 0.15) is 11.9 Å². The van der Waals surface area contributed by atoms with Crippen molar-refractivity contribution < 1.29 is 9.53 Å². The summed E-state index contributed by atoms with van der Waals surface area (Å²) < 4.78 is 7.77. The van der Waals surface area contributed by atoms with Gasteiger partial charge in [-0.15, -0.1) is 0 Å². The van der Waals surface area contributed by atoms with E-state index >= 15 is 0 Å². The molecule has 0 spiro atoms. The molecule has 2 aliphatic rings. The Morgan fingerprint density at radius 3 is 2.79 bits per heavy atom. The molecule has 0 unspecified atom stereocenters. The molecule has 2 aromatic heterocycles. The molecule has 5 rings (SSSR count). The van der Waals surface area contributed by atoms with E-state index in [0.29, 0.717) is 18.0 Å². The first-order valence-electron chi connectivity index (χ1n) is 11.9. The summed E-state index contributed by atoms with van der Waals surface area (Å²) in [5.41, 5.74) is 4.55. The van der Waals surface area contributed by atoms with Gasteiger partial charge in [-0.25, -0.2) is 4.98 Å². The van der Waals surface area contributed by atoms with Gasteiger partial charge >= 0.3 is 5.97 Å². The van der Waals surface area contributed by atoms with Crippen LogP contribution < -0.4 is 16.2 Å². The lowest BCUT2D eigenvalue weighted by molar-refractivity contribution is -0.147. The number of carbonyl (C=O) groups is 1. The molecule has 33 heavy (non-hydrogen) atoms. The van der Waals surface area contributed by atoms with Crippen LogP contribution in [-0.4, -0.2) is 46.2 Å². The van der Waals surface area contributed by atoms with Gasteiger partial charge in [0, 0.05) is 49.4 Å². The maximum atomic E-state index is 12.1. The third-order valence-corrected chi connectivity index (χ3v) is 6.67. The van der Waals surface area contributed by atoms with E-state index in [1.807, 2.05) is 13.0 Å². The van der Waals surface area contributed by atoms with Crippen molar-refractivity contribution in [3.8, 4) is 11.4 Å². The SMILES string of the molecule is Cc1cc(-c2nc3cc(CNCC(=O)OC4CCCC4)ccc3n2CC2CNC2)c[nH]c1=O. The molecule has 8 heteroatoms. The fourth-order valence-electron chi connectivity index (χ4n) is 4.70. The smallest absolute Gasteiger partial charge is 0.320 e. The maximum Gasteiger partial charge on any atom is 0.320 e. The Labute approximate surface area is 192 Å². The maximum absolute atomic E-state index is 12.1. The first-order chi connectivity index (χ1) is 16.1. The number of aryl methyl sites for hydroxylation is 1. The van der Waals surface area contributed by atoms with E-state index < -0.39 is 0 Å². The van der Waals surface area contributed by atoms with Crippen LogP contribution in [0, 0.1) is 12.8 Å². The van der Waals surface area contributed by atoms with Gasteiger partial charge in [0.2, 0.25) is 0 Å². The molecule has 1 aromatic carbocycles. The number of carbonyl (C=O) groups excluding carboxylic acids is 1. The van der Waals surface area contributed by atoms with Gasteiger partial charge < -0.3 is 24.9 Å². The lowest BCUT2D eigenvalue weighted by atomic mass is 10.0. The van der Waals surface area contributed by atoms with Crippen LogP contribution in [0.4, 0.5) is 0 Å². The van der Waals surface area contributed by atoms with Crippen molar-refractivity contribution in [2.75, 3.05) is 19.6 Å². The first-order valence-corrected chi connectivity index (χ1v) is 11.9. The van der Waals surface area contributed by atoms with E-state index in [4.69, 9.17) is 9.72 Å². The molecule has 3 N–H and O–H groups in total. The van der Waals surface area contributed by atoms with Crippen molar-refractivity contribution in [1.82, 2.24) is 25.2 Å². The van der Waals surface area contributed by atoms with Crippen molar-refractivity contribution >= 4 is 17.0 Å². The lowest BCUT2D eigenvalue weighted by Gasteiger charge is -2.28. The molecule has 1 saturated carbocycles. The number of aromatic nitrogens is 3. The van der Waals surface area contributed by atoms with Crippen LogP contribution in [0.2, 0.25) is 0 Å². The number of aromatic amines is 1. The topological polar surface area (TPSA) is 101 Å². The number of benzene rings is 1. The quantitative estimate of drug-likeness (QED) is 0.457. The molecular weight excluding hydrogens is 418 g/mol. The van der Waals surface area contributed by atoms with Crippen molar-refractivity contribution in [3.63, 3.8) is 0 Å². The molecule has 2 fully saturated rings. The minimum Gasteiger partial charge on any atom is -0.461 e. The fourth-order valence-corrected chi connectivity index (χ4v) is 4.70. The second kappa shape index (κ2) is 9.49. The molecule has 1 saturated heterocycles. The van der Waals surface area contributed by atoms with E-state index in [1.54, 1.807) is 6.20 Å². The number of nitrogens with one attached hydrogen (secondary N) is 3. The summed E-state index contributed by atoms with van der Waals surface area (Å²) in [5.74, 6) is 1.25. The number of nitrogens with zero attached hydrogens (tertiary/aromatic N) is 2. The number of H-pyrrole nitrogens is 1. The van der Waals surface area contributed by atoms with Gasteiger partial charge in [0.15, 0.2) is 0 Å². The number of esters is 1. The van der Waals surface area contributed by atoms with Crippen molar-refractivity contribution in [2.24, 2.45) is 5.92 Å². The van der Waals surface area contributed by atoms with Gasteiger partial charge in [-0.05, 0) is 56.4 Å². The Hall–Kier alpha value is -2.97. The number of imidazole rings is 1. The summed E-state index contributed by atoms with van der Waals surface area (Å²) in [5, 5.41) is 6.53. The van der Waals surface area contributed by atoms with Gasteiger partial charge in [-0.1, -0.05) is 6.07 Å². The Balaban J connectivity index is 1.34. The molecule has 3 aromatic rings. The highest BCUT2D eigenvalue weighted by Crippen LogP contribution is 2.27. The number of ether oxygens (including phenoxy) is 1. The molecule has 3 heterocycles. The van der Waals surface area contributed by atoms with Gasteiger partial charge in [0.05, 0.1) is 17.6 Å². The Bertz CT molecular complexity index is 1200. The highest BCUT2D eigenvalue weighted by Gasteiger charge is 2.22. The normalized spacial score (nSPS) is 16.9. The minimum atomic E-state index is -0.183. The van der Waals surface area contributed by atoms with E-state index in [9.17, 15) is 9.59 Å². The molecule has 0 amide bonds. The molecule has 1 aliphatic carbocycles. The zero-order valence-electron chi connectivity index (χ0n) is 19.0. The van der Waals surface area contributed by atoms with Gasteiger partial charge in [-0.2, -0.15) is 0 Å². The number of pyridine rings is 1. The standard InChI is InChI=1S/C25H31N5O3/c1-16-8-19(13-28-25(16)32)24-29-21-9-17(6-7-22(21)30(24)15-18-11-26-12-18)10-27-14-23(31)33-20-4-2-3-5-20/h6-9,13,18,20,26-27H,2-5,10-12,14-15H2,1H3,(H,28,32). The predicted molar refractivity (Wildman–Crippen MR) is 127 cm³/mol. The summed E-state index contributed by atoms with van der Waals surface area (Å²) >= 11 is 0. The number of rotatable bonds is 8. The summed E-state index contributed by atoms with van der Waals surface area (Å²) in [6.45, 7) is 5.47. The second-order valence-corrected chi connectivity index (χ2v) is 9.29.